The Morgan fingerprint density at radius 3 is 3.00 bits per heavy atom. The molecule has 0 unspecified atom stereocenters. The number of halogens is 1. The van der Waals surface area contributed by atoms with Crippen LogP contribution in [-0.2, 0) is 11.3 Å². The molecule has 0 saturated carbocycles. The SMILES string of the molecule is CO/N=C1/CCc2c(Br)cccc21. The largest absolute Gasteiger partial charge is 0.399 e. The molecule has 3 heteroatoms. The van der Waals surface area contributed by atoms with Gasteiger partial charge in [0.25, 0.3) is 0 Å². The lowest BCUT2D eigenvalue weighted by molar-refractivity contribution is 0.213. The van der Waals surface area contributed by atoms with Gasteiger partial charge in [0.1, 0.15) is 7.11 Å². The number of hydrogen-bond acceptors (Lipinski definition) is 2. The van der Waals surface area contributed by atoms with Gasteiger partial charge in [-0.15, -0.1) is 0 Å². The van der Waals surface area contributed by atoms with Gasteiger partial charge in [-0.25, -0.2) is 0 Å². The second-order valence-electron chi connectivity index (χ2n) is 2.99. The maximum atomic E-state index is 4.80. The third kappa shape index (κ3) is 1.48. The molecule has 0 heterocycles. The minimum absolute atomic E-state index is 0.978. The first kappa shape index (κ1) is 8.75. The van der Waals surface area contributed by atoms with Crippen LogP contribution < -0.4 is 0 Å². The van der Waals surface area contributed by atoms with Crippen LogP contribution in [0.15, 0.2) is 27.8 Å². The molecule has 2 nitrogen and oxygen atoms in total. The van der Waals surface area contributed by atoms with Crippen LogP contribution in [0.5, 0.6) is 0 Å². The Balaban J connectivity index is 2.49. The molecule has 0 N–H and O–H groups in total. The summed E-state index contributed by atoms with van der Waals surface area (Å²) in [5.41, 5.74) is 3.62. The van der Waals surface area contributed by atoms with E-state index in [9.17, 15) is 0 Å². The van der Waals surface area contributed by atoms with E-state index in [0.717, 1.165) is 18.6 Å². The van der Waals surface area contributed by atoms with E-state index < -0.39 is 0 Å². The average Bonchev–Trinajstić information content (AvgIpc) is 2.51. The monoisotopic (exact) mass is 239 g/mol. The molecule has 0 spiro atoms. The first-order chi connectivity index (χ1) is 6.33. The van der Waals surface area contributed by atoms with E-state index in [1.807, 2.05) is 6.07 Å². The number of benzene rings is 1. The van der Waals surface area contributed by atoms with Gasteiger partial charge in [0.05, 0.1) is 5.71 Å². The lowest BCUT2D eigenvalue weighted by Crippen LogP contribution is -1.94. The fraction of sp³-hybridized carbons (Fsp3) is 0.300. The van der Waals surface area contributed by atoms with Crippen molar-refractivity contribution >= 4 is 21.6 Å². The summed E-state index contributed by atoms with van der Waals surface area (Å²) in [5.74, 6) is 0. The zero-order valence-electron chi connectivity index (χ0n) is 7.38. The minimum atomic E-state index is 0.978. The molecule has 13 heavy (non-hydrogen) atoms. The molecule has 68 valence electrons. The van der Waals surface area contributed by atoms with Crippen molar-refractivity contribution in [1.82, 2.24) is 0 Å². The van der Waals surface area contributed by atoms with Gasteiger partial charge in [0.2, 0.25) is 0 Å². The Bertz CT molecular complexity index is 360. The lowest BCUT2D eigenvalue weighted by atomic mass is 10.1. The summed E-state index contributed by atoms with van der Waals surface area (Å²) < 4.78 is 1.17. The van der Waals surface area contributed by atoms with Crippen molar-refractivity contribution in [2.75, 3.05) is 7.11 Å². The molecule has 0 aliphatic heterocycles. The zero-order chi connectivity index (χ0) is 9.26. The van der Waals surface area contributed by atoms with Crippen LogP contribution >= 0.6 is 15.9 Å². The molecule has 0 fully saturated rings. The normalized spacial score (nSPS) is 17.5. The van der Waals surface area contributed by atoms with Gasteiger partial charge in [-0.1, -0.05) is 33.2 Å². The Labute approximate surface area is 85.7 Å². The molecule has 0 amide bonds. The van der Waals surface area contributed by atoms with Crippen LogP contribution in [0.4, 0.5) is 0 Å². The van der Waals surface area contributed by atoms with Crippen molar-refractivity contribution < 1.29 is 4.84 Å². The Morgan fingerprint density at radius 1 is 1.38 bits per heavy atom. The van der Waals surface area contributed by atoms with Gasteiger partial charge in [0, 0.05) is 10.0 Å². The van der Waals surface area contributed by atoms with Crippen LogP contribution in [0.25, 0.3) is 0 Å². The van der Waals surface area contributed by atoms with Gasteiger partial charge in [-0.2, -0.15) is 0 Å². The number of hydrogen-bond donors (Lipinski definition) is 0. The molecular formula is C10H10BrNO. The number of nitrogens with zero attached hydrogens (tertiary/aromatic N) is 1. The van der Waals surface area contributed by atoms with Gasteiger partial charge in [-0.3, -0.25) is 0 Å². The summed E-state index contributed by atoms with van der Waals surface area (Å²) in [6.45, 7) is 0. The Hall–Kier alpha value is -0.830. The molecule has 0 saturated heterocycles. The molecule has 0 bridgehead atoms. The molecule has 1 aromatic rings. The van der Waals surface area contributed by atoms with E-state index in [-0.39, 0.29) is 0 Å². The van der Waals surface area contributed by atoms with E-state index in [0.29, 0.717) is 0 Å². The van der Waals surface area contributed by atoms with Crippen molar-refractivity contribution in [2.24, 2.45) is 5.16 Å². The molecule has 0 aromatic heterocycles. The highest BCUT2D eigenvalue weighted by Gasteiger charge is 2.19. The smallest absolute Gasteiger partial charge is 0.106 e. The van der Waals surface area contributed by atoms with Crippen molar-refractivity contribution in [1.29, 1.82) is 0 Å². The summed E-state index contributed by atoms with van der Waals surface area (Å²) in [6.07, 6.45) is 2.03. The van der Waals surface area contributed by atoms with E-state index >= 15 is 0 Å². The van der Waals surface area contributed by atoms with Gasteiger partial charge in [0.15, 0.2) is 0 Å². The lowest BCUT2D eigenvalue weighted by Gasteiger charge is -2.00. The second-order valence-corrected chi connectivity index (χ2v) is 3.84. The summed E-state index contributed by atoms with van der Waals surface area (Å²) in [7, 11) is 1.59. The Kier molecular flexibility index (Phi) is 2.36. The van der Waals surface area contributed by atoms with Gasteiger partial charge >= 0.3 is 0 Å². The molecular weight excluding hydrogens is 230 g/mol. The molecule has 0 atom stereocenters. The predicted molar refractivity (Wildman–Crippen MR) is 56.0 cm³/mol. The van der Waals surface area contributed by atoms with Crippen LogP contribution in [0.2, 0.25) is 0 Å². The second kappa shape index (κ2) is 3.50. The van der Waals surface area contributed by atoms with Crippen LogP contribution in [-0.4, -0.2) is 12.8 Å². The third-order valence-corrected chi connectivity index (χ3v) is 2.99. The number of fused-ring (bicyclic) bond motifs is 1. The number of oxime groups is 1. The van der Waals surface area contributed by atoms with E-state index in [1.54, 1.807) is 7.11 Å². The van der Waals surface area contributed by atoms with Crippen molar-refractivity contribution in [3.63, 3.8) is 0 Å². The highest BCUT2D eigenvalue weighted by Crippen LogP contribution is 2.29. The highest BCUT2D eigenvalue weighted by molar-refractivity contribution is 9.10. The fourth-order valence-corrected chi connectivity index (χ4v) is 2.23. The van der Waals surface area contributed by atoms with E-state index in [4.69, 9.17) is 4.84 Å². The minimum Gasteiger partial charge on any atom is -0.399 e. The molecule has 2 rings (SSSR count). The maximum Gasteiger partial charge on any atom is 0.106 e. The van der Waals surface area contributed by atoms with Crippen LogP contribution in [0.1, 0.15) is 17.5 Å². The number of rotatable bonds is 1. The van der Waals surface area contributed by atoms with Gasteiger partial charge in [-0.05, 0) is 24.5 Å². The van der Waals surface area contributed by atoms with Crippen LogP contribution in [0, 0.1) is 0 Å². The average molecular weight is 240 g/mol. The fourth-order valence-electron chi connectivity index (χ4n) is 1.67. The van der Waals surface area contributed by atoms with Crippen molar-refractivity contribution in [2.45, 2.75) is 12.8 Å². The van der Waals surface area contributed by atoms with E-state index in [2.05, 4.69) is 33.2 Å². The standard InChI is InChI=1S/C10H10BrNO/c1-13-12-10-6-5-7-8(10)3-2-4-9(7)11/h2-4H,5-6H2,1H3/b12-10-. The Morgan fingerprint density at radius 2 is 2.23 bits per heavy atom. The topological polar surface area (TPSA) is 21.6 Å². The third-order valence-electron chi connectivity index (χ3n) is 2.24. The highest BCUT2D eigenvalue weighted by atomic mass is 79.9. The van der Waals surface area contributed by atoms with Gasteiger partial charge < -0.3 is 4.84 Å². The quantitative estimate of drug-likeness (QED) is 0.691. The summed E-state index contributed by atoms with van der Waals surface area (Å²) in [6, 6.07) is 6.18. The summed E-state index contributed by atoms with van der Waals surface area (Å²) in [4.78, 5) is 4.80. The molecule has 1 aliphatic carbocycles. The van der Waals surface area contributed by atoms with E-state index in [1.165, 1.54) is 15.6 Å². The molecule has 0 radical (unpaired) electrons. The zero-order valence-corrected chi connectivity index (χ0v) is 8.97. The predicted octanol–water partition coefficient (Wildman–Crippen LogP) is 2.75. The molecule has 1 aliphatic rings. The summed E-state index contributed by atoms with van der Waals surface area (Å²) in [5, 5.41) is 4.00. The molecule has 1 aromatic carbocycles. The maximum absolute atomic E-state index is 4.80. The first-order valence-corrected chi connectivity index (χ1v) is 5.00. The van der Waals surface area contributed by atoms with Crippen molar-refractivity contribution in [3.8, 4) is 0 Å². The van der Waals surface area contributed by atoms with Crippen molar-refractivity contribution in [3.05, 3.63) is 33.8 Å². The van der Waals surface area contributed by atoms with Crippen LogP contribution in [0.3, 0.4) is 0 Å². The summed E-state index contributed by atoms with van der Waals surface area (Å²) >= 11 is 3.53. The first-order valence-electron chi connectivity index (χ1n) is 4.20.